The fraction of sp³-hybridized carbons (Fsp3) is 0.333. The van der Waals surface area contributed by atoms with Gasteiger partial charge in [-0.05, 0) is 31.5 Å². The van der Waals surface area contributed by atoms with Crippen molar-refractivity contribution < 1.29 is 4.79 Å². The van der Waals surface area contributed by atoms with Gasteiger partial charge in [0.1, 0.15) is 0 Å². The number of aryl methyl sites for hydroxylation is 3. The third kappa shape index (κ3) is 1.46. The van der Waals surface area contributed by atoms with E-state index in [-0.39, 0.29) is 5.91 Å². The van der Waals surface area contributed by atoms with E-state index in [4.69, 9.17) is 0 Å². The Morgan fingerprint density at radius 2 is 2.06 bits per heavy atom. The topological polar surface area (TPSA) is 46.9 Å². The van der Waals surface area contributed by atoms with Gasteiger partial charge < -0.3 is 5.32 Å². The largest absolute Gasteiger partial charge is 0.355 e. The molecular formula is C12H15N3O. The van der Waals surface area contributed by atoms with Crippen molar-refractivity contribution in [2.24, 2.45) is 7.05 Å². The summed E-state index contributed by atoms with van der Waals surface area (Å²) < 4.78 is 1.76. The summed E-state index contributed by atoms with van der Waals surface area (Å²) >= 11 is 0. The predicted octanol–water partition coefficient (Wildman–Crippen LogP) is 1.55. The molecule has 0 aliphatic carbocycles. The molecule has 0 radical (unpaired) electrons. The highest BCUT2D eigenvalue weighted by molar-refractivity contribution is 6.06. The van der Waals surface area contributed by atoms with Crippen LogP contribution in [0.4, 0.5) is 0 Å². The van der Waals surface area contributed by atoms with Gasteiger partial charge in [-0.3, -0.25) is 9.48 Å². The van der Waals surface area contributed by atoms with Crippen LogP contribution in [0.25, 0.3) is 10.9 Å². The number of nitrogens with zero attached hydrogens (tertiary/aromatic N) is 2. The number of hydrogen-bond acceptors (Lipinski definition) is 2. The predicted molar refractivity (Wildman–Crippen MR) is 63.6 cm³/mol. The van der Waals surface area contributed by atoms with Crippen LogP contribution in [-0.2, 0) is 7.05 Å². The Kier molecular flexibility index (Phi) is 2.42. The van der Waals surface area contributed by atoms with E-state index in [0.29, 0.717) is 5.56 Å². The van der Waals surface area contributed by atoms with Crippen molar-refractivity contribution in [3.8, 4) is 0 Å². The van der Waals surface area contributed by atoms with Crippen molar-refractivity contribution in [2.45, 2.75) is 13.8 Å². The van der Waals surface area contributed by atoms with Gasteiger partial charge >= 0.3 is 0 Å². The molecule has 1 aromatic heterocycles. The van der Waals surface area contributed by atoms with Crippen molar-refractivity contribution in [3.05, 3.63) is 29.0 Å². The molecule has 2 aromatic rings. The zero-order valence-corrected chi connectivity index (χ0v) is 9.96. The molecule has 0 unspecified atom stereocenters. The van der Waals surface area contributed by atoms with Crippen molar-refractivity contribution in [3.63, 3.8) is 0 Å². The molecular weight excluding hydrogens is 202 g/mol. The lowest BCUT2D eigenvalue weighted by Gasteiger charge is -2.05. The van der Waals surface area contributed by atoms with Gasteiger partial charge in [-0.1, -0.05) is 0 Å². The summed E-state index contributed by atoms with van der Waals surface area (Å²) in [5.74, 6) is -0.0725. The fourth-order valence-electron chi connectivity index (χ4n) is 2.04. The summed E-state index contributed by atoms with van der Waals surface area (Å²) in [6, 6.07) is 3.95. The smallest absolute Gasteiger partial charge is 0.253 e. The Morgan fingerprint density at radius 3 is 2.69 bits per heavy atom. The molecule has 1 aromatic carbocycles. The number of aromatic nitrogens is 2. The van der Waals surface area contributed by atoms with Crippen molar-refractivity contribution in [2.75, 3.05) is 7.05 Å². The maximum absolute atomic E-state index is 11.8. The van der Waals surface area contributed by atoms with E-state index >= 15 is 0 Å². The van der Waals surface area contributed by atoms with E-state index in [9.17, 15) is 4.79 Å². The first-order valence-electron chi connectivity index (χ1n) is 5.20. The van der Waals surface area contributed by atoms with Crippen LogP contribution in [-0.4, -0.2) is 22.7 Å². The minimum absolute atomic E-state index is 0.0725. The number of carbonyl (C=O) groups is 1. The van der Waals surface area contributed by atoms with Gasteiger partial charge in [0.05, 0.1) is 16.8 Å². The number of rotatable bonds is 1. The molecule has 1 amide bonds. The first kappa shape index (κ1) is 10.7. The summed E-state index contributed by atoms with van der Waals surface area (Å²) in [6.07, 6.45) is 0. The highest BCUT2D eigenvalue weighted by atomic mass is 16.1. The Morgan fingerprint density at radius 1 is 1.38 bits per heavy atom. The van der Waals surface area contributed by atoms with Gasteiger partial charge in [-0.25, -0.2) is 0 Å². The van der Waals surface area contributed by atoms with Crippen LogP contribution in [0.1, 0.15) is 21.6 Å². The molecule has 0 aliphatic rings. The molecule has 1 N–H and O–H groups in total. The zero-order chi connectivity index (χ0) is 11.9. The number of hydrogen-bond donors (Lipinski definition) is 1. The van der Waals surface area contributed by atoms with Gasteiger partial charge in [0.25, 0.3) is 5.91 Å². The van der Waals surface area contributed by atoms with Crippen LogP contribution in [0.5, 0.6) is 0 Å². The summed E-state index contributed by atoms with van der Waals surface area (Å²) in [6.45, 7) is 3.94. The zero-order valence-electron chi connectivity index (χ0n) is 9.96. The Bertz CT molecular complexity index is 569. The normalized spacial score (nSPS) is 10.8. The fourth-order valence-corrected chi connectivity index (χ4v) is 2.04. The van der Waals surface area contributed by atoms with Gasteiger partial charge in [0.2, 0.25) is 0 Å². The molecule has 4 heteroatoms. The lowest BCUT2D eigenvalue weighted by Crippen LogP contribution is -2.19. The van der Waals surface area contributed by atoms with E-state index < -0.39 is 0 Å². The summed E-state index contributed by atoms with van der Waals surface area (Å²) in [4.78, 5) is 11.8. The van der Waals surface area contributed by atoms with Crippen molar-refractivity contribution in [1.29, 1.82) is 0 Å². The molecule has 1 heterocycles. The van der Waals surface area contributed by atoms with E-state index in [1.807, 2.05) is 27.0 Å². The lowest BCUT2D eigenvalue weighted by molar-refractivity contribution is 0.0964. The average molecular weight is 217 g/mol. The minimum atomic E-state index is -0.0725. The lowest BCUT2D eigenvalue weighted by atomic mass is 10.1. The molecule has 0 saturated heterocycles. The average Bonchev–Trinajstić information content (AvgIpc) is 2.52. The van der Waals surface area contributed by atoms with Crippen molar-refractivity contribution in [1.82, 2.24) is 15.1 Å². The first-order chi connectivity index (χ1) is 7.54. The van der Waals surface area contributed by atoms with Crippen LogP contribution in [0.3, 0.4) is 0 Å². The number of benzene rings is 1. The van der Waals surface area contributed by atoms with Crippen molar-refractivity contribution >= 4 is 16.8 Å². The minimum Gasteiger partial charge on any atom is -0.355 e. The van der Waals surface area contributed by atoms with Crippen LogP contribution in [0.2, 0.25) is 0 Å². The maximum Gasteiger partial charge on any atom is 0.253 e. The van der Waals surface area contributed by atoms with Gasteiger partial charge in [-0.15, -0.1) is 0 Å². The van der Waals surface area contributed by atoms with E-state index in [0.717, 1.165) is 22.2 Å². The standard InChI is InChI=1S/C12H15N3O/c1-7-5-9-8(2)14-15(4)11(9)10(6-7)12(16)13-3/h5-6H,1-4H3,(H,13,16). The van der Waals surface area contributed by atoms with E-state index in [1.54, 1.807) is 11.7 Å². The molecule has 0 fully saturated rings. The molecule has 0 saturated carbocycles. The highest BCUT2D eigenvalue weighted by Gasteiger charge is 2.14. The maximum atomic E-state index is 11.8. The molecule has 0 aliphatic heterocycles. The number of nitrogens with one attached hydrogen (secondary N) is 1. The van der Waals surface area contributed by atoms with Crippen LogP contribution >= 0.6 is 0 Å². The molecule has 84 valence electrons. The van der Waals surface area contributed by atoms with E-state index in [1.165, 1.54) is 0 Å². The third-order valence-corrected chi connectivity index (χ3v) is 2.74. The molecule has 16 heavy (non-hydrogen) atoms. The van der Waals surface area contributed by atoms with Gasteiger partial charge in [0.15, 0.2) is 0 Å². The summed E-state index contributed by atoms with van der Waals surface area (Å²) in [5, 5.41) is 8.05. The molecule has 0 atom stereocenters. The molecule has 0 spiro atoms. The monoisotopic (exact) mass is 217 g/mol. The van der Waals surface area contributed by atoms with Gasteiger partial charge in [0, 0.05) is 19.5 Å². The SMILES string of the molecule is CNC(=O)c1cc(C)cc2c(C)nn(C)c12. The molecule has 4 nitrogen and oxygen atoms in total. The second kappa shape index (κ2) is 3.63. The Balaban J connectivity index is 2.86. The number of carbonyl (C=O) groups excluding carboxylic acids is 1. The molecule has 2 rings (SSSR count). The second-order valence-electron chi connectivity index (χ2n) is 4.00. The van der Waals surface area contributed by atoms with Crippen LogP contribution in [0.15, 0.2) is 12.1 Å². The summed E-state index contributed by atoms with van der Waals surface area (Å²) in [7, 11) is 3.50. The van der Waals surface area contributed by atoms with Crippen LogP contribution < -0.4 is 5.32 Å². The van der Waals surface area contributed by atoms with E-state index in [2.05, 4.69) is 16.5 Å². The Hall–Kier alpha value is -1.84. The highest BCUT2D eigenvalue weighted by Crippen LogP contribution is 2.23. The molecule has 0 bridgehead atoms. The van der Waals surface area contributed by atoms with Crippen LogP contribution in [0, 0.1) is 13.8 Å². The Labute approximate surface area is 94.3 Å². The third-order valence-electron chi connectivity index (χ3n) is 2.74. The number of fused-ring (bicyclic) bond motifs is 1. The van der Waals surface area contributed by atoms with Gasteiger partial charge in [-0.2, -0.15) is 5.10 Å². The number of amides is 1. The quantitative estimate of drug-likeness (QED) is 0.787. The first-order valence-corrected chi connectivity index (χ1v) is 5.20. The second-order valence-corrected chi connectivity index (χ2v) is 4.00. The summed E-state index contributed by atoms with van der Waals surface area (Å²) in [5.41, 5.74) is 3.59.